The zero-order valence-corrected chi connectivity index (χ0v) is 64.5. The van der Waals surface area contributed by atoms with E-state index >= 15 is 0 Å². The number of nitrogens with zero attached hydrogens (tertiary/aromatic N) is 10. The lowest BCUT2D eigenvalue weighted by atomic mass is 9.80. The highest BCUT2D eigenvalue weighted by atomic mass is 31.2. The number of aliphatic hydroxyl groups is 1. The van der Waals surface area contributed by atoms with Gasteiger partial charge < -0.3 is 66.0 Å². The number of methoxy groups -OCH3 is 4. The van der Waals surface area contributed by atoms with Crippen LogP contribution in [0.2, 0.25) is 0 Å². The van der Waals surface area contributed by atoms with E-state index in [1.54, 1.807) is 65.4 Å². The molecule has 0 aliphatic rings. The average Bonchev–Trinajstić information content (AvgIpc) is 1.59. The largest absolute Gasteiger partial charge is 0.497 e. The number of carbonyl (C=O) groups excluding carboxylic acids is 2. The summed E-state index contributed by atoms with van der Waals surface area (Å²) in [5, 5.41) is 10.4. The van der Waals surface area contributed by atoms with E-state index in [0.29, 0.717) is 57.9 Å². The van der Waals surface area contributed by atoms with Crippen molar-refractivity contribution in [2.75, 3.05) is 81.2 Å². The Labute approximate surface area is 648 Å². The van der Waals surface area contributed by atoms with Gasteiger partial charge in [-0.2, -0.15) is 0 Å². The van der Waals surface area contributed by atoms with Crippen LogP contribution >= 0.6 is 8.53 Å². The molecule has 0 radical (unpaired) electrons. The van der Waals surface area contributed by atoms with E-state index in [1.807, 2.05) is 191 Å². The number of benzene rings is 8. The quantitative estimate of drug-likeness (QED) is 0.0123. The molecule has 0 aliphatic heterocycles. The Balaban J connectivity index is 0.000000226. The van der Waals surface area contributed by atoms with Gasteiger partial charge in [0.2, 0.25) is 6.54 Å². The molecule has 0 aliphatic carbocycles. The van der Waals surface area contributed by atoms with Gasteiger partial charge in [-0.05, 0) is 110 Å². The van der Waals surface area contributed by atoms with E-state index in [9.17, 15) is 14.7 Å². The van der Waals surface area contributed by atoms with Crippen molar-refractivity contribution in [3.05, 3.63) is 311 Å². The van der Waals surface area contributed by atoms with Crippen LogP contribution < -0.4 is 18.9 Å². The fourth-order valence-electron chi connectivity index (χ4n) is 13.2. The molecule has 0 saturated carbocycles. The summed E-state index contributed by atoms with van der Waals surface area (Å²) >= 11 is 0. The first-order valence-electron chi connectivity index (χ1n) is 36.7. The summed E-state index contributed by atoms with van der Waals surface area (Å²) in [5.74, 6) is 2.81. The molecule has 24 heteroatoms. The standard InChI is InChI=1S/C48H55N6O7P.C39H38N4O6/c1-35(2)54(36(3)4)62(60-28-26-49-5)61-32-43(58-29-27-53-34-52-46-44(50-33-51-47(46)53)30-45(55)37-14-10-8-11-15-37)31-59-48(38-16-12-9-13-17-38,39-18-22-41(56-6)23-19-39)40-20-24-42(57-7)25-21-40;1-46-32-17-13-30(14-18-32)39(29-11-7-4-8-12-29,31-15-19-33(47-2)20-16-31)49-25-34(24-44)48-22-21-43-27-42-37-35(40-26-41-38(37)43)23-36(45)28-9-5-3-6-10-28/h8-25,33-36,43H,26-32H2,1-4,6-7H3;3-20,26-27,34,44H,21-25H2,1-2H3/t43-,62?;34-/m10/s1. The van der Waals surface area contributed by atoms with Crippen molar-refractivity contribution in [1.82, 2.24) is 43.7 Å². The molecule has 111 heavy (non-hydrogen) atoms. The predicted molar refractivity (Wildman–Crippen MR) is 425 cm³/mol. The fraction of sp³-hybridized carbons (Fsp3) is 0.299. The summed E-state index contributed by atoms with van der Waals surface area (Å²) in [7, 11) is 4.99. The number of carbonyl (C=O) groups is 2. The Kier molecular flexibility index (Phi) is 29.3. The maximum atomic E-state index is 13.1. The summed E-state index contributed by atoms with van der Waals surface area (Å²) < 4.78 is 68.0. The minimum Gasteiger partial charge on any atom is -0.497 e. The second-order valence-electron chi connectivity index (χ2n) is 26.4. The lowest BCUT2D eigenvalue weighted by Crippen LogP contribution is -2.38. The van der Waals surface area contributed by atoms with Crippen LogP contribution in [0.1, 0.15) is 93.2 Å². The Morgan fingerprint density at radius 3 is 1.15 bits per heavy atom. The molecule has 0 spiro atoms. The van der Waals surface area contributed by atoms with Crippen LogP contribution in [0.5, 0.6) is 23.0 Å². The number of Topliss-reactive ketones (excluding diaryl/α,β-unsaturated/α-hetero) is 2. The van der Waals surface area contributed by atoms with Gasteiger partial charge in [0, 0.05) is 36.3 Å². The first kappa shape index (κ1) is 81.0. The number of ether oxygens (including phenoxy) is 8. The van der Waals surface area contributed by atoms with Crippen molar-refractivity contribution >= 4 is 42.4 Å². The van der Waals surface area contributed by atoms with E-state index in [2.05, 4.69) is 79.2 Å². The molecule has 12 aromatic rings. The third-order valence-electron chi connectivity index (χ3n) is 18.7. The number of rotatable bonds is 40. The first-order chi connectivity index (χ1) is 54.2. The second kappa shape index (κ2) is 40.1. The maximum absolute atomic E-state index is 13.1. The molecule has 1 N–H and O–H groups in total. The van der Waals surface area contributed by atoms with Gasteiger partial charge in [0.25, 0.3) is 8.53 Å². The molecule has 8 aromatic carbocycles. The first-order valence-corrected chi connectivity index (χ1v) is 37.8. The molecular formula is C87H93N10O13P. The zero-order chi connectivity index (χ0) is 78.0. The fourth-order valence-corrected chi connectivity index (χ4v) is 14.8. The van der Waals surface area contributed by atoms with Gasteiger partial charge in [-0.15, -0.1) is 0 Å². The highest BCUT2D eigenvalue weighted by molar-refractivity contribution is 7.44. The van der Waals surface area contributed by atoms with Crippen LogP contribution in [0.15, 0.2) is 244 Å². The Hall–Kier alpha value is -11.0. The Bertz CT molecular complexity index is 4800. The zero-order valence-electron chi connectivity index (χ0n) is 63.7. The van der Waals surface area contributed by atoms with Crippen molar-refractivity contribution in [2.45, 2.75) is 89.1 Å². The van der Waals surface area contributed by atoms with Crippen LogP contribution in [0.3, 0.4) is 0 Å². The van der Waals surface area contributed by atoms with Crippen LogP contribution in [-0.2, 0) is 65.1 Å². The van der Waals surface area contributed by atoms with Crippen molar-refractivity contribution in [1.29, 1.82) is 0 Å². The molecule has 4 aromatic heterocycles. The monoisotopic (exact) mass is 1520 g/mol. The van der Waals surface area contributed by atoms with Crippen LogP contribution in [0.4, 0.5) is 0 Å². The minimum absolute atomic E-state index is 0.0415. The number of fused-ring (bicyclic) bond motifs is 2. The van der Waals surface area contributed by atoms with Gasteiger partial charge in [-0.3, -0.25) is 9.59 Å². The van der Waals surface area contributed by atoms with Crippen LogP contribution in [0, 0.1) is 6.57 Å². The van der Waals surface area contributed by atoms with Gasteiger partial charge in [-0.1, -0.05) is 170 Å². The van der Waals surface area contributed by atoms with E-state index < -0.39 is 31.9 Å². The molecule has 4 heterocycles. The number of ketones is 2. The lowest BCUT2D eigenvalue weighted by Gasteiger charge is -2.38. The molecule has 0 amide bonds. The van der Waals surface area contributed by atoms with Crippen molar-refractivity contribution in [3.8, 4) is 23.0 Å². The normalized spacial score (nSPS) is 12.5. The second-order valence-corrected chi connectivity index (χ2v) is 27.9. The predicted octanol–water partition coefficient (Wildman–Crippen LogP) is 14.6. The molecule has 12 rings (SSSR count). The van der Waals surface area contributed by atoms with Crippen molar-refractivity contribution in [2.24, 2.45) is 0 Å². The maximum Gasteiger partial charge on any atom is 0.259 e. The van der Waals surface area contributed by atoms with E-state index in [0.717, 1.165) is 56.4 Å². The molecule has 1 unspecified atom stereocenters. The van der Waals surface area contributed by atoms with Gasteiger partial charge in [0.05, 0.1) is 105 Å². The summed E-state index contributed by atoms with van der Waals surface area (Å²) in [4.78, 5) is 56.3. The topological polar surface area (TPSA) is 241 Å². The minimum atomic E-state index is -1.56. The molecule has 0 saturated heterocycles. The Morgan fingerprint density at radius 2 is 0.802 bits per heavy atom. The number of hydrogen-bond acceptors (Lipinski definition) is 20. The summed E-state index contributed by atoms with van der Waals surface area (Å²) in [6, 6.07) is 69.9. The van der Waals surface area contributed by atoms with E-state index in [-0.39, 0.29) is 89.3 Å². The van der Waals surface area contributed by atoms with Crippen molar-refractivity contribution < 1.29 is 61.6 Å². The average molecular weight is 1520 g/mol. The number of imidazole rings is 2. The van der Waals surface area contributed by atoms with E-state index in [1.165, 1.54) is 12.7 Å². The molecule has 23 nitrogen and oxygen atoms in total. The smallest absolute Gasteiger partial charge is 0.259 e. The van der Waals surface area contributed by atoms with Gasteiger partial charge >= 0.3 is 0 Å². The molecule has 0 fully saturated rings. The highest BCUT2D eigenvalue weighted by Crippen LogP contribution is 2.47. The van der Waals surface area contributed by atoms with E-state index in [4.69, 9.17) is 53.5 Å². The molecular weight excluding hydrogens is 1420 g/mol. The Morgan fingerprint density at radius 1 is 0.450 bits per heavy atom. The number of aliphatic hydroxyl groups excluding tert-OH is 1. The summed E-state index contributed by atoms with van der Waals surface area (Å²) in [6.45, 7) is 17.6. The van der Waals surface area contributed by atoms with Gasteiger partial charge in [0.15, 0.2) is 22.9 Å². The lowest BCUT2D eigenvalue weighted by molar-refractivity contribution is -0.0819. The highest BCUT2D eigenvalue weighted by Gasteiger charge is 2.41. The van der Waals surface area contributed by atoms with Gasteiger partial charge in [0.1, 0.15) is 76.7 Å². The molecule has 3 atom stereocenters. The number of hydrogen-bond donors (Lipinski definition) is 1. The third-order valence-corrected chi connectivity index (χ3v) is 20.8. The van der Waals surface area contributed by atoms with Crippen LogP contribution in [0.25, 0.3) is 27.2 Å². The molecule has 574 valence electrons. The van der Waals surface area contributed by atoms with Crippen LogP contribution in [-0.4, -0.2) is 166 Å². The summed E-state index contributed by atoms with van der Waals surface area (Å²) in [5.41, 5.74) is 7.93. The third kappa shape index (κ3) is 20.2. The van der Waals surface area contributed by atoms with Crippen molar-refractivity contribution in [3.63, 3.8) is 0 Å². The SMILES string of the molecule is COc1ccc(C(OC[C@H](CO)OCCn2cnc3c(CC(=O)c4ccccc4)ncnc32)(c2ccccc2)c2ccc(OC)cc2)cc1.[C-]#[N+]CCOP(OC[C@@H](COC(c1ccccc1)(c1ccc(OC)cc1)c1ccc(OC)cc1)OCCn1cnc2c(CC(=O)c3ccccc3)ncnc21)N(C(C)C)C(C)C. The molecule has 0 bridgehead atoms. The summed E-state index contributed by atoms with van der Waals surface area (Å²) in [6.07, 6.45) is 5.26. The van der Waals surface area contributed by atoms with Gasteiger partial charge in [-0.25, -0.2) is 41.1 Å². The number of aromatic nitrogens is 8.